The van der Waals surface area contributed by atoms with Gasteiger partial charge in [-0.05, 0) is 30.4 Å². The number of benzene rings is 1. The Balaban J connectivity index is 2.17. The largest absolute Gasteiger partial charge is 0.478 e. The third-order valence-electron chi connectivity index (χ3n) is 4.17. The summed E-state index contributed by atoms with van der Waals surface area (Å²) in [7, 11) is 0. The summed E-state index contributed by atoms with van der Waals surface area (Å²) in [6.07, 6.45) is 5.92. The molecule has 4 N–H and O–H groups in total. The molecule has 5 heteroatoms. The molecule has 0 unspecified atom stereocenters. The second-order valence-electron chi connectivity index (χ2n) is 5.91. The average molecular weight is 280 g/mol. The van der Waals surface area contributed by atoms with Crippen molar-refractivity contribution in [2.24, 2.45) is 5.41 Å². The summed E-state index contributed by atoms with van der Waals surface area (Å²) in [6.45, 7) is 2.88. The Morgan fingerprint density at radius 3 is 2.65 bits per heavy atom. The summed E-state index contributed by atoms with van der Waals surface area (Å²) in [5.41, 5.74) is 5.60. The number of anilines is 2. The topological polar surface area (TPSA) is 75.3 Å². The zero-order chi connectivity index (χ0) is 14.8. The molecule has 1 aromatic rings. The number of nitrogens with two attached hydrogens (primary N) is 1. The molecule has 0 aliphatic heterocycles. The van der Waals surface area contributed by atoms with Crippen LogP contribution < -0.4 is 11.1 Å². The second-order valence-corrected chi connectivity index (χ2v) is 5.91. The Kier molecular flexibility index (Phi) is 4.16. The number of carboxylic acids is 1. The van der Waals surface area contributed by atoms with Gasteiger partial charge in [-0.15, -0.1) is 0 Å². The van der Waals surface area contributed by atoms with E-state index < -0.39 is 11.8 Å². The van der Waals surface area contributed by atoms with Crippen LogP contribution in [0.2, 0.25) is 0 Å². The maximum absolute atomic E-state index is 13.4. The summed E-state index contributed by atoms with van der Waals surface area (Å²) in [6, 6.07) is 2.65. The molecule has 0 saturated heterocycles. The van der Waals surface area contributed by atoms with Gasteiger partial charge in [0.05, 0.1) is 11.4 Å². The van der Waals surface area contributed by atoms with Crippen molar-refractivity contribution in [2.45, 2.75) is 39.0 Å². The fourth-order valence-corrected chi connectivity index (χ4v) is 2.86. The maximum atomic E-state index is 13.4. The number of hydrogen-bond donors (Lipinski definition) is 3. The molecule has 0 radical (unpaired) electrons. The van der Waals surface area contributed by atoms with Crippen molar-refractivity contribution in [3.05, 3.63) is 23.5 Å². The number of carboxylic acid groups (broad SMARTS) is 1. The molecule has 0 heterocycles. The van der Waals surface area contributed by atoms with Crippen molar-refractivity contribution in [1.82, 2.24) is 0 Å². The monoisotopic (exact) mass is 280 g/mol. The van der Waals surface area contributed by atoms with Gasteiger partial charge in [-0.3, -0.25) is 0 Å². The van der Waals surface area contributed by atoms with Crippen molar-refractivity contribution in [3.63, 3.8) is 0 Å². The highest BCUT2D eigenvalue weighted by Crippen LogP contribution is 2.36. The van der Waals surface area contributed by atoms with Crippen LogP contribution in [0.4, 0.5) is 15.8 Å². The molecule has 1 aliphatic carbocycles. The Morgan fingerprint density at radius 1 is 1.40 bits per heavy atom. The van der Waals surface area contributed by atoms with E-state index in [1.807, 2.05) is 0 Å². The van der Waals surface area contributed by atoms with Crippen LogP contribution in [0.15, 0.2) is 12.1 Å². The fraction of sp³-hybridized carbons (Fsp3) is 0.533. The standard InChI is InChI=1S/C15H21FN2O2/c1-15(7-3-2-4-8-15)9-18-11-6-5-10(16)13(17)12(11)14(19)20/h5-6,18H,2-4,7-9,17H2,1H3,(H,19,20). The van der Waals surface area contributed by atoms with Gasteiger partial charge in [0.15, 0.2) is 0 Å². The summed E-state index contributed by atoms with van der Waals surface area (Å²) in [5, 5.41) is 12.3. The molecule has 1 aromatic carbocycles. The minimum Gasteiger partial charge on any atom is -0.478 e. The third-order valence-corrected chi connectivity index (χ3v) is 4.17. The molecule has 0 aromatic heterocycles. The first kappa shape index (κ1) is 14.6. The fourth-order valence-electron chi connectivity index (χ4n) is 2.86. The lowest BCUT2D eigenvalue weighted by atomic mass is 9.75. The smallest absolute Gasteiger partial charge is 0.340 e. The molecule has 0 atom stereocenters. The van der Waals surface area contributed by atoms with E-state index in [0.29, 0.717) is 12.2 Å². The third kappa shape index (κ3) is 3.03. The van der Waals surface area contributed by atoms with Gasteiger partial charge in [0.1, 0.15) is 11.4 Å². The van der Waals surface area contributed by atoms with Gasteiger partial charge in [0.2, 0.25) is 0 Å². The predicted molar refractivity (Wildman–Crippen MR) is 77.5 cm³/mol. The first-order valence-electron chi connectivity index (χ1n) is 6.98. The predicted octanol–water partition coefficient (Wildman–Crippen LogP) is 3.49. The molecule has 1 aliphatic rings. The molecule has 110 valence electrons. The molecule has 0 spiro atoms. The number of rotatable bonds is 4. The van der Waals surface area contributed by atoms with Crippen molar-refractivity contribution in [3.8, 4) is 0 Å². The Labute approximate surface area is 118 Å². The second kappa shape index (κ2) is 5.69. The number of nitrogen functional groups attached to an aromatic ring is 1. The first-order chi connectivity index (χ1) is 9.43. The Hall–Kier alpha value is -1.78. The lowest BCUT2D eigenvalue weighted by molar-refractivity contribution is 0.0698. The molecule has 1 fully saturated rings. The van der Waals surface area contributed by atoms with Crippen LogP contribution in [0.3, 0.4) is 0 Å². The Bertz CT molecular complexity index is 511. The van der Waals surface area contributed by atoms with Gasteiger partial charge in [-0.1, -0.05) is 26.2 Å². The van der Waals surface area contributed by atoms with Crippen molar-refractivity contribution < 1.29 is 14.3 Å². The van der Waals surface area contributed by atoms with Gasteiger partial charge in [0, 0.05) is 6.54 Å². The maximum Gasteiger partial charge on any atom is 0.340 e. The highest BCUT2D eigenvalue weighted by atomic mass is 19.1. The molecule has 0 amide bonds. The average Bonchev–Trinajstić information content (AvgIpc) is 2.40. The molecule has 4 nitrogen and oxygen atoms in total. The van der Waals surface area contributed by atoms with E-state index in [0.717, 1.165) is 12.8 Å². The summed E-state index contributed by atoms with van der Waals surface area (Å²) < 4.78 is 13.4. The number of aromatic carboxylic acids is 1. The highest BCUT2D eigenvalue weighted by molar-refractivity contribution is 6.00. The van der Waals surface area contributed by atoms with E-state index in [9.17, 15) is 14.3 Å². The lowest BCUT2D eigenvalue weighted by Gasteiger charge is -2.34. The van der Waals surface area contributed by atoms with E-state index in [4.69, 9.17) is 5.73 Å². The zero-order valence-electron chi connectivity index (χ0n) is 11.7. The first-order valence-corrected chi connectivity index (χ1v) is 6.98. The normalized spacial score (nSPS) is 17.7. The van der Waals surface area contributed by atoms with Crippen LogP contribution in [-0.2, 0) is 0 Å². The van der Waals surface area contributed by atoms with Crippen LogP contribution in [0, 0.1) is 11.2 Å². The van der Waals surface area contributed by atoms with Gasteiger partial charge in [-0.2, -0.15) is 0 Å². The number of carbonyl (C=O) groups is 1. The van der Waals surface area contributed by atoms with E-state index >= 15 is 0 Å². The number of halogens is 1. The number of nitrogens with one attached hydrogen (secondary N) is 1. The zero-order valence-corrected chi connectivity index (χ0v) is 11.7. The van der Waals surface area contributed by atoms with E-state index in [2.05, 4.69) is 12.2 Å². The van der Waals surface area contributed by atoms with Crippen molar-refractivity contribution >= 4 is 17.3 Å². The minimum atomic E-state index is -1.21. The van der Waals surface area contributed by atoms with Gasteiger partial charge >= 0.3 is 5.97 Å². The quantitative estimate of drug-likeness (QED) is 0.738. The van der Waals surface area contributed by atoms with Crippen molar-refractivity contribution in [2.75, 3.05) is 17.6 Å². The highest BCUT2D eigenvalue weighted by Gasteiger charge is 2.27. The van der Waals surface area contributed by atoms with Crippen LogP contribution in [0.5, 0.6) is 0 Å². The van der Waals surface area contributed by atoms with Gasteiger partial charge < -0.3 is 16.2 Å². The molecule has 20 heavy (non-hydrogen) atoms. The van der Waals surface area contributed by atoms with Crippen LogP contribution in [0.25, 0.3) is 0 Å². The lowest BCUT2D eigenvalue weighted by Crippen LogP contribution is -2.29. The molecule has 1 saturated carbocycles. The van der Waals surface area contributed by atoms with Gasteiger partial charge in [0.25, 0.3) is 0 Å². The summed E-state index contributed by atoms with van der Waals surface area (Å²) in [4.78, 5) is 11.2. The summed E-state index contributed by atoms with van der Waals surface area (Å²) >= 11 is 0. The number of hydrogen-bond acceptors (Lipinski definition) is 3. The molecule has 0 bridgehead atoms. The molecule has 2 rings (SSSR count). The minimum absolute atomic E-state index is 0.164. The van der Waals surface area contributed by atoms with Crippen molar-refractivity contribution in [1.29, 1.82) is 0 Å². The Morgan fingerprint density at radius 2 is 2.05 bits per heavy atom. The molecular weight excluding hydrogens is 259 g/mol. The van der Waals surface area contributed by atoms with Crippen LogP contribution in [-0.4, -0.2) is 17.6 Å². The van der Waals surface area contributed by atoms with Crippen LogP contribution >= 0.6 is 0 Å². The van der Waals surface area contributed by atoms with Gasteiger partial charge in [-0.25, -0.2) is 9.18 Å². The SMILES string of the molecule is CC1(CNc2ccc(F)c(N)c2C(=O)O)CCCCC1. The van der Waals surface area contributed by atoms with E-state index in [-0.39, 0.29) is 16.7 Å². The van der Waals surface area contributed by atoms with Crippen LogP contribution in [0.1, 0.15) is 49.4 Å². The van der Waals surface area contributed by atoms with E-state index in [1.165, 1.54) is 31.4 Å². The van der Waals surface area contributed by atoms with E-state index in [1.54, 1.807) is 0 Å². The summed E-state index contributed by atoms with van der Waals surface area (Å²) in [5.74, 6) is -1.91. The molecular formula is C15H21FN2O2.